The van der Waals surface area contributed by atoms with E-state index in [1.54, 1.807) is 24.3 Å². The highest BCUT2D eigenvalue weighted by Crippen LogP contribution is 2.30. The Morgan fingerprint density at radius 3 is 2.48 bits per heavy atom. The first-order valence-corrected chi connectivity index (χ1v) is 8.01. The van der Waals surface area contributed by atoms with Gasteiger partial charge in [-0.15, -0.1) is 0 Å². The van der Waals surface area contributed by atoms with Crippen LogP contribution in [0.2, 0.25) is 5.02 Å². The van der Waals surface area contributed by atoms with Crippen molar-refractivity contribution in [1.29, 1.82) is 0 Å². The zero-order chi connectivity index (χ0) is 17.2. The van der Waals surface area contributed by atoms with Gasteiger partial charge in [0.1, 0.15) is 11.5 Å². The Morgan fingerprint density at radius 2 is 1.68 bits per heavy atom. The number of esters is 1. The molecule has 2 heterocycles. The Kier molecular flexibility index (Phi) is 3.96. The van der Waals surface area contributed by atoms with Gasteiger partial charge in [0, 0.05) is 17.2 Å². The van der Waals surface area contributed by atoms with E-state index in [1.807, 2.05) is 48.5 Å². The third-order valence-electron chi connectivity index (χ3n) is 3.69. The summed E-state index contributed by atoms with van der Waals surface area (Å²) in [5.41, 5.74) is 1.73. The van der Waals surface area contributed by atoms with Crippen molar-refractivity contribution in [3.05, 3.63) is 88.8 Å². The average molecular weight is 350 g/mol. The van der Waals surface area contributed by atoms with Crippen molar-refractivity contribution >= 4 is 29.5 Å². The summed E-state index contributed by atoms with van der Waals surface area (Å²) in [5.74, 6) is 0.903. The van der Waals surface area contributed by atoms with Crippen molar-refractivity contribution in [2.45, 2.75) is 0 Å². The fourth-order valence-electron chi connectivity index (χ4n) is 2.48. The largest absolute Gasteiger partial charge is 0.457 e. The van der Waals surface area contributed by atoms with E-state index in [-0.39, 0.29) is 11.6 Å². The molecule has 0 saturated heterocycles. The minimum absolute atomic E-state index is 0.193. The van der Waals surface area contributed by atoms with Crippen molar-refractivity contribution < 1.29 is 13.9 Å². The molecule has 1 aliphatic heterocycles. The number of rotatable bonds is 3. The van der Waals surface area contributed by atoms with Gasteiger partial charge in [-0.2, -0.15) is 0 Å². The van der Waals surface area contributed by atoms with E-state index in [0.717, 1.165) is 11.1 Å². The molecule has 0 fully saturated rings. The Hall–Kier alpha value is -3.11. The number of hydrogen-bond acceptors (Lipinski definition) is 4. The minimum atomic E-state index is -0.505. The first-order chi connectivity index (χ1) is 12.2. The highest BCUT2D eigenvalue weighted by Gasteiger charge is 2.24. The molecule has 0 spiro atoms. The van der Waals surface area contributed by atoms with Crippen LogP contribution in [0.1, 0.15) is 11.3 Å². The van der Waals surface area contributed by atoms with Crippen LogP contribution in [0.15, 0.2) is 81.8 Å². The number of halogens is 1. The van der Waals surface area contributed by atoms with Crippen molar-refractivity contribution in [1.82, 2.24) is 0 Å². The molecule has 0 N–H and O–H groups in total. The van der Waals surface area contributed by atoms with E-state index < -0.39 is 5.97 Å². The highest BCUT2D eigenvalue weighted by atomic mass is 35.5. The number of benzene rings is 2. The molecule has 0 radical (unpaired) electrons. The van der Waals surface area contributed by atoms with E-state index in [9.17, 15) is 4.79 Å². The molecule has 0 atom stereocenters. The van der Waals surface area contributed by atoms with E-state index in [4.69, 9.17) is 20.8 Å². The van der Waals surface area contributed by atoms with E-state index in [0.29, 0.717) is 16.5 Å². The predicted octanol–water partition coefficient (Wildman–Crippen LogP) is 4.94. The van der Waals surface area contributed by atoms with Crippen LogP contribution in [0.25, 0.3) is 17.4 Å². The SMILES string of the molecule is O=C1OC(c2ccccc2)=N/C1=C\c1ccc(-c2ccccc2Cl)o1. The van der Waals surface area contributed by atoms with Gasteiger partial charge in [-0.3, -0.25) is 0 Å². The Labute approximate surface area is 149 Å². The van der Waals surface area contributed by atoms with Crippen molar-refractivity contribution in [3.8, 4) is 11.3 Å². The number of furan rings is 1. The maximum atomic E-state index is 12.0. The van der Waals surface area contributed by atoms with Crippen LogP contribution in [0.5, 0.6) is 0 Å². The lowest BCUT2D eigenvalue weighted by Crippen LogP contribution is -2.04. The summed E-state index contributed by atoms with van der Waals surface area (Å²) in [4.78, 5) is 16.3. The third-order valence-corrected chi connectivity index (χ3v) is 4.02. The van der Waals surface area contributed by atoms with Gasteiger partial charge in [-0.05, 0) is 36.4 Å². The zero-order valence-corrected chi connectivity index (χ0v) is 13.7. The number of carbonyl (C=O) groups excluding carboxylic acids is 1. The fraction of sp³-hybridized carbons (Fsp3) is 0. The van der Waals surface area contributed by atoms with Crippen molar-refractivity contribution in [2.75, 3.05) is 0 Å². The molecule has 0 saturated carbocycles. The summed E-state index contributed by atoms with van der Waals surface area (Å²) in [7, 11) is 0. The number of carbonyl (C=O) groups is 1. The van der Waals surface area contributed by atoms with Gasteiger partial charge in [-0.25, -0.2) is 9.79 Å². The van der Waals surface area contributed by atoms with Gasteiger partial charge < -0.3 is 9.15 Å². The number of nitrogens with zero attached hydrogens (tertiary/aromatic N) is 1. The molecule has 0 bridgehead atoms. The monoisotopic (exact) mass is 349 g/mol. The van der Waals surface area contributed by atoms with Gasteiger partial charge in [0.25, 0.3) is 0 Å². The molecule has 4 nitrogen and oxygen atoms in total. The maximum absolute atomic E-state index is 12.0. The van der Waals surface area contributed by atoms with E-state index in [2.05, 4.69) is 4.99 Å². The first kappa shape index (κ1) is 15.4. The molecule has 0 amide bonds. The number of aliphatic imine (C=N–C) groups is 1. The zero-order valence-electron chi connectivity index (χ0n) is 13.0. The minimum Gasteiger partial charge on any atom is -0.457 e. The average Bonchev–Trinajstić information content (AvgIpc) is 3.24. The van der Waals surface area contributed by atoms with Crippen LogP contribution in [-0.2, 0) is 9.53 Å². The van der Waals surface area contributed by atoms with Gasteiger partial charge >= 0.3 is 5.97 Å². The Balaban J connectivity index is 1.64. The topological polar surface area (TPSA) is 51.8 Å². The molecule has 25 heavy (non-hydrogen) atoms. The normalized spacial score (nSPS) is 15.3. The lowest BCUT2D eigenvalue weighted by atomic mass is 10.2. The molecule has 4 rings (SSSR count). The number of cyclic esters (lactones) is 1. The second-order valence-electron chi connectivity index (χ2n) is 5.38. The quantitative estimate of drug-likeness (QED) is 0.497. The summed E-state index contributed by atoms with van der Waals surface area (Å²) in [6.07, 6.45) is 1.55. The van der Waals surface area contributed by atoms with Gasteiger partial charge in [0.15, 0.2) is 5.70 Å². The molecule has 0 unspecified atom stereocenters. The smallest absolute Gasteiger partial charge is 0.363 e. The summed E-state index contributed by atoms with van der Waals surface area (Å²) in [5, 5.41) is 0.598. The van der Waals surface area contributed by atoms with Crippen LogP contribution < -0.4 is 0 Å². The summed E-state index contributed by atoms with van der Waals surface area (Å²) in [6.45, 7) is 0. The Morgan fingerprint density at radius 1 is 0.920 bits per heavy atom. The standard InChI is InChI=1S/C20H12ClNO3/c21-16-9-5-4-8-15(16)18-11-10-14(24-18)12-17-20(23)25-19(22-17)13-6-2-1-3-7-13/h1-12H/b17-12-. The van der Waals surface area contributed by atoms with Crippen LogP contribution in [0.4, 0.5) is 0 Å². The summed E-state index contributed by atoms with van der Waals surface area (Å²) < 4.78 is 11.0. The van der Waals surface area contributed by atoms with Crippen LogP contribution in [-0.4, -0.2) is 11.9 Å². The predicted molar refractivity (Wildman–Crippen MR) is 96.2 cm³/mol. The van der Waals surface area contributed by atoms with Crippen LogP contribution >= 0.6 is 11.6 Å². The lowest BCUT2D eigenvalue weighted by molar-refractivity contribution is -0.129. The molecule has 5 heteroatoms. The lowest BCUT2D eigenvalue weighted by Gasteiger charge is -1.98. The second kappa shape index (κ2) is 6.42. The van der Waals surface area contributed by atoms with Crippen molar-refractivity contribution in [2.24, 2.45) is 4.99 Å². The molecular formula is C20H12ClNO3. The summed E-state index contributed by atoms with van der Waals surface area (Å²) in [6, 6.07) is 20.2. The van der Waals surface area contributed by atoms with Gasteiger partial charge in [0.05, 0.1) is 5.02 Å². The highest BCUT2D eigenvalue weighted by molar-refractivity contribution is 6.33. The van der Waals surface area contributed by atoms with Crippen LogP contribution in [0, 0.1) is 0 Å². The Bertz CT molecular complexity index is 1000. The third kappa shape index (κ3) is 3.12. The molecule has 2 aromatic carbocycles. The first-order valence-electron chi connectivity index (χ1n) is 7.63. The van der Waals surface area contributed by atoms with Gasteiger partial charge in [-0.1, -0.05) is 41.9 Å². The number of ether oxygens (including phenoxy) is 1. The maximum Gasteiger partial charge on any atom is 0.363 e. The molecule has 1 aromatic heterocycles. The van der Waals surface area contributed by atoms with E-state index >= 15 is 0 Å². The molecule has 1 aliphatic rings. The molecule has 3 aromatic rings. The molecular weight excluding hydrogens is 338 g/mol. The van der Waals surface area contributed by atoms with Crippen molar-refractivity contribution in [3.63, 3.8) is 0 Å². The second-order valence-corrected chi connectivity index (χ2v) is 5.79. The van der Waals surface area contributed by atoms with Crippen LogP contribution in [0.3, 0.4) is 0 Å². The van der Waals surface area contributed by atoms with Gasteiger partial charge in [0.2, 0.25) is 5.90 Å². The van der Waals surface area contributed by atoms with E-state index in [1.165, 1.54) is 0 Å². The number of hydrogen-bond donors (Lipinski definition) is 0. The molecule has 0 aliphatic carbocycles. The fourth-order valence-corrected chi connectivity index (χ4v) is 2.71. The summed E-state index contributed by atoms with van der Waals surface area (Å²) >= 11 is 6.18. The molecule has 122 valence electrons.